The van der Waals surface area contributed by atoms with Crippen LogP contribution in [0, 0.1) is 0 Å². The molecule has 2 N–H and O–H groups in total. The van der Waals surface area contributed by atoms with Gasteiger partial charge in [-0.1, -0.05) is 12.1 Å². The molecule has 0 aliphatic rings. The van der Waals surface area contributed by atoms with E-state index in [1.165, 1.54) is 0 Å². The van der Waals surface area contributed by atoms with Crippen molar-refractivity contribution in [3.8, 4) is 11.5 Å². The van der Waals surface area contributed by atoms with Crippen LogP contribution in [0.2, 0.25) is 0 Å². The molecular weight excluding hydrogens is 264 g/mol. The highest BCUT2D eigenvalue weighted by Gasteiger charge is 2.15. The summed E-state index contributed by atoms with van der Waals surface area (Å²) in [6, 6.07) is 13.6. The van der Waals surface area contributed by atoms with Gasteiger partial charge in [0.2, 0.25) is 0 Å². The second-order valence-electron chi connectivity index (χ2n) is 5.07. The smallest absolute Gasteiger partial charge is 0.124 e. The molecule has 4 nitrogen and oxygen atoms in total. The molecule has 2 aromatic rings. The molecule has 21 heavy (non-hydrogen) atoms. The first-order valence-corrected chi connectivity index (χ1v) is 6.81. The Morgan fingerprint density at radius 1 is 0.952 bits per heavy atom. The zero-order chi connectivity index (χ0) is 15.4. The van der Waals surface area contributed by atoms with Crippen LogP contribution in [0.25, 0.3) is 0 Å². The van der Waals surface area contributed by atoms with E-state index >= 15 is 0 Å². The molecule has 0 aromatic heterocycles. The molecule has 0 saturated carbocycles. The van der Waals surface area contributed by atoms with Crippen molar-refractivity contribution in [1.29, 1.82) is 0 Å². The Bertz CT molecular complexity index is 594. The maximum absolute atomic E-state index is 6.39. The van der Waals surface area contributed by atoms with Crippen LogP contribution >= 0.6 is 0 Å². The summed E-state index contributed by atoms with van der Waals surface area (Å²) >= 11 is 0. The lowest BCUT2D eigenvalue weighted by molar-refractivity contribution is 0.397. The van der Waals surface area contributed by atoms with Gasteiger partial charge in [0.25, 0.3) is 0 Å². The minimum atomic E-state index is -0.258. The summed E-state index contributed by atoms with van der Waals surface area (Å²) in [7, 11) is 7.32. The summed E-state index contributed by atoms with van der Waals surface area (Å²) in [5.74, 6) is 1.53. The first kappa shape index (κ1) is 15.2. The van der Waals surface area contributed by atoms with Gasteiger partial charge in [-0.05, 0) is 35.9 Å². The predicted molar refractivity (Wildman–Crippen MR) is 86.3 cm³/mol. The lowest BCUT2D eigenvalue weighted by Gasteiger charge is -2.18. The normalized spacial score (nSPS) is 11.9. The van der Waals surface area contributed by atoms with E-state index in [2.05, 4.69) is 17.0 Å². The summed E-state index contributed by atoms with van der Waals surface area (Å²) in [6.07, 6.45) is 0. The van der Waals surface area contributed by atoms with Crippen molar-refractivity contribution in [2.24, 2.45) is 5.73 Å². The molecule has 2 aromatic carbocycles. The Morgan fingerprint density at radius 3 is 2.14 bits per heavy atom. The number of rotatable bonds is 5. The highest BCUT2D eigenvalue weighted by atomic mass is 16.5. The van der Waals surface area contributed by atoms with Crippen molar-refractivity contribution >= 4 is 5.69 Å². The third kappa shape index (κ3) is 3.28. The van der Waals surface area contributed by atoms with Crippen LogP contribution in [0.4, 0.5) is 5.69 Å². The lowest BCUT2D eigenvalue weighted by Crippen LogP contribution is -2.14. The molecule has 4 heteroatoms. The SMILES string of the molecule is COc1ccc(OC)c(C(N)c2ccc(N(C)C)cc2)c1. The molecule has 0 bridgehead atoms. The van der Waals surface area contributed by atoms with Gasteiger partial charge in [-0.25, -0.2) is 0 Å². The quantitative estimate of drug-likeness (QED) is 0.918. The van der Waals surface area contributed by atoms with E-state index < -0.39 is 0 Å². The van der Waals surface area contributed by atoms with Gasteiger partial charge in [-0.3, -0.25) is 0 Å². The van der Waals surface area contributed by atoms with Gasteiger partial charge in [0, 0.05) is 25.3 Å². The average Bonchev–Trinajstić information content (AvgIpc) is 2.53. The number of hydrogen-bond donors (Lipinski definition) is 1. The first-order valence-electron chi connectivity index (χ1n) is 6.81. The van der Waals surface area contributed by atoms with Crippen LogP contribution in [0.1, 0.15) is 17.2 Å². The molecular formula is C17H22N2O2. The Labute approximate surface area is 126 Å². The zero-order valence-corrected chi connectivity index (χ0v) is 13.0. The van der Waals surface area contributed by atoms with Crippen molar-refractivity contribution in [2.45, 2.75) is 6.04 Å². The Morgan fingerprint density at radius 2 is 1.62 bits per heavy atom. The molecule has 0 fully saturated rings. The number of benzene rings is 2. The number of hydrogen-bond acceptors (Lipinski definition) is 4. The van der Waals surface area contributed by atoms with Gasteiger partial charge in [0.1, 0.15) is 11.5 Å². The molecule has 2 rings (SSSR count). The number of ether oxygens (including phenoxy) is 2. The predicted octanol–water partition coefficient (Wildman–Crippen LogP) is 2.82. The summed E-state index contributed by atoms with van der Waals surface area (Å²) in [4.78, 5) is 2.06. The van der Waals surface area contributed by atoms with Gasteiger partial charge < -0.3 is 20.1 Å². The fraction of sp³-hybridized carbons (Fsp3) is 0.294. The molecule has 0 aliphatic carbocycles. The molecule has 1 atom stereocenters. The summed E-state index contributed by atoms with van der Waals surface area (Å²) in [5.41, 5.74) is 9.48. The second-order valence-corrected chi connectivity index (χ2v) is 5.07. The first-order chi connectivity index (χ1) is 10.1. The molecule has 0 spiro atoms. The molecule has 0 amide bonds. The molecule has 1 unspecified atom stereocenters. The third-order valence-corrected chi connectivity index (χ3v) is 3.54. The lowest BCUT2D eigenvalue weighted by atomic mass is 9.98. The average molecular weight is 286 g/mol. The van der Waals surface area contributed by atoms with Crippen LogP contribution in [0.5, 0.6) is 11.5 Å². The van der Waals surface area contributed by atoms with E-state index in [-0.39, 0.29) is 6.04 Å². The van der Waals surface area contributed by atoms with E-state index in [0.717, 1.165) is 28.3 Å². The summed E-state index contributed by atoms with van der Waals surface area (Å²) in [5, 5.41) is 0. The summed E-state index contributed by atoms with van der Waals surface area (Å²) in [6.45, 7) is 0. The Hall–Kier alpha value is -2.20. The van der Waals surface area contributed by atoms with Crippen LogP contribution in [-0.4, -0.2) is 28.3 Å². The Balaban J connectivity index is 2.36. The maximum Gasteiger partial charge on any atom is 0.124 e. The van der Waals surface area contributed by atoms with Gasteiger partial charge in [0.15, 0.2) is 0 Å². The molecule has 0 aliphatic heterocycles. The fourth-order valence-electron chi connectivity index (χ4n) is 2.24. The van der Waals surface area contributed by atoms with E-state index in [0.29, 0.717) is 0 Å². The largest absolute Gasteiger partial charge is 0.497 e. The number of nitrogens with zero attached hydrogens (tertiary/aromatic N) is 1. The van der Waals surface area contributed by atoms with Crippen LogP contribution in [-0.2, 0) is 0 Å². The van der Waals surface area contributed by atoms with Crippen LogP contribution in [0.3, 0.4) is 0 Å². The maximum atomic E-state index is 6.39. The van der Waals surface area contributed by atoms with E-state index in [1.54, 1.807) is 14.2 Å². The van der Waals surface area contributed by atoms with Crippen molar-refractivity contribution < 1.29 is 9.47 Å². The Kier molecular flexibility index (Phi) is 4.70. The molecule has 0 saturated heterocycles. The number of methoxy groups -OCH3 is 2. The topological polar surface area (TPSA) is 47.7 Å². The van der Waals surface area contributed by atoms with Gasteiger partial charge >= 0.3 is 0 Å². The monoisotopic (exact) mass is 286 g/mol. The van der Waals surface area contributed by atoms with E-state index in [1.807, 2.05) is 44.4 Å². The van der Waals surface area contributed by atoms with E-state index in [4.69, 9.17) is 15.2 Å². The van der Waals surface area contributed by atoms with Crippen LogP contribution < -0.4 is 20.1 Å². The number of nitrogens with two attached hydrogens (primary N) is 1. The van der Waals surface area contributed by atoms with E-state index in [9.17, 15) is 0 Å². The van der Waals surface area contributed by atoms with Crippen molar-refractivity contribution in [3.63, 3.8) is 0 Å². The molecule has 112 valence electrons. The fourth-order valence-corrected chi connectivity index (χ4v) is 2.24. The van der Waals surface area contributed by atoms with Crippen molar-refractivity contribution in [2.75, 3.05) is 33.2 Å². The minimum absolute atomic E-state index is 0.258. The van der Waals surface area contributed by atoms with Gasteiger partial charge in [0.05, 0.1) is 20.3 Å². The summed E-state index contributed by atoms with van der Waals surface area (Å²) < 4.78 is 10.7. The minimum Gasteiger partial charge on any atom is -0.497 e. The number of anilines is 1. The molecule has 0 radical (unpaired) electrons. The highest BCUT2D eigenvalue weighted by Crippen LogP contribution is 2.32. The second kappa shape index (κ2) is 6.50. The van der Waals surface area contributed by atoms with Crippen molar-refractivity contribution in [3.05, 3.63) is 53.6 Å². The van der Waals surface area contributed by atoms with Gasteiger partial charge in [-0.15, -0.1) is 0 Å². The zero-order valence-electron chi connectivity index (χ0n) is 13.0. The highest BCUT2D eigenvalue weighted by molar-refractivity contribution is 5.50. The van der Waals surface area contributed by atoms with Crippen LogP contribution in [0.15, 0.2) is 42.5 Å². The standard InChI is InChI=1S/C17H22N2O2/c1-19(2)13-7-5-12(6-8-13)17(18)15-11-14(20-3)9-10-16(15)21-4/h5-11,17H,18H2,1-4H3. The molecule has 0 heterocycles. The third-order valence-electron chi connectivity index (χ3n) is 3.54. The van der Waals surface area contributed by atoms with Gasteiger partial charge in [-0.2, -0.15) is 0 Å². The van der Waals surface area contributed by atoms with Crippen molar-refractivity contribution in [1.82, 2.24) is 0 Å².